The fourth-order valence-electron chi connectivity index (χ4n) is 8.96. The summed E-state index contributed by atoms with van der Waals surface area (Å²) < 4.78 is 78.8. The molecule has 0 aromatic rings. The lowest BCUT2D eigenvalue weighted by Crippen LogP contribution is -2.58. The molecule has 10 atom stereocenters. The van der Waals surface area contributed by atoms with Crippen LogP contribution < -0.4 is 0 Å². The van der Waals surface area contributed by atoms with Crippen molar-refractivity contribution >= 4 is 0 Å². The molecule has 0 amide bonds. The summed E-state index contributed by atoms with van der Waals surface area (Å²) in [5, 5.41) is 30.8. The van der Waals surface area contributed by atoms with Gasteiger partial charge in [0.25, 0.3) is 5.60 Å². The molecule has 4 saturated carbocycles. The highest BCUT2D eigenvalue weighted by atomic mass is 19.4. The number of alkyl halides is 6. The first-order valence-electron chi connectivity index (χ1n) is 12.9. The third kappa shape index (κ3) is 4.15. The average molecular weight is 513 g/mol. The molecule has 0 bridgehead atoms. The van der Waals surface area contributed by atoms with Gasteiger partial charge in [0.1, 0.15) is 0 Å². The van der Waals surface area contributed by atoms with Gasteiger partial charge in [-0.15, -0.1) is 0 Å². The van der Waals surface area contributed by atoms with Gasteiger partial charge in [-0.1, -0.05) is 26.8 Å². The van der Waals surface area contributed by atoms with Crippen molar-refractivity contribution in [2.75, 3.05) is 0 Å². The van der Waals surface area contributed by atoms with Crippen LogP contribution in [0.3, 0.4) is 0 Å². The van der Waals surface area contributed by atoms with Crippen molar-refractivity contribution in [1.82, 2.24) is 0 Å². The number of allylic oxidation sites excluding steroid dienone is 1. The van der Waals surface area contributed by atoms with Gasteiger partial charge in [0.15, 0.2) is 0 Å². The minimum absolute atomic E-state index is 0.0540. The van der Waals surface area contributed by atoms with E-state index in [1.54, 1.807) is 6.92 Å². The van der Waals surface area contributed by atoms with E-state index < -0.39 is 30.0 Å². The second kappa shape index (κ2) is 8.62. The zero-order valence-electron chi connectivity index (χ0n) is 20.5. The van der Waals surface area contributed by atoms with Gasteiger partial charge >= 0.3 is 12.4 Å². The summed E-state index contributed by atoms with van der Waals surface area (Å²) in [5.41, 5.74) is -5.19. The Morgan fingerprint density at radius 1 is 0.800 bits per heavy atom. The van der Waals surface area contributed by atoms with Crippen molar-refractivity contribution < 1.29 is 41.7 Å². The van der Waals surface area contributed by atoms with Gasteiger partial charge in [-0.3, -0.25) is 0 Å². The van der Waals surface area contributed by atoms with Gasteiger partial charge in [0, 0.05) is 0 Å². The van der Waals surface area contributed by atoms with Gasteiger partial charge in [-0.25, -0.2) is 0 Å². The molecule has 3 nitrogen and oxygen atoms in total. The zero-order chi connectivity index (χ0) is 26.2. The van der Waals surface area contributed by atoms with Crippen molar-refractivity contribution in [3.05, 3.63) is 12.2 Å². The van der Waals surface area contributed by atoms with Crippen LogP contribution in [0.25, 0.3) is 0 Å². The fourth-order valence-corrected chi connectivity index (χ4v) is 8.96. The normalized spacial score (nSPS) is 45.7. The molecular formula is C26H38F6O3. The highest BCUT2D eigenvalue weighted by Gasteiger charge is 2.69. The highest BCUT2D eigenvalue weighted by molar-refractivity contribution is 5.15. The fraction of sp³-hybridized carbons (Fsp3) is 0.923. The second-order valence-electron chi connectivity index (χ2n) is 12.4. The van der Waals surface area contributed by atoms with E-state index in [0.29, 0.717) is 25.2 Å². The Labute approximate surface area is 203 Å². The monoisotopic (exact) mass is 512 g/mol. The van der Waals surface area contributed by atoms with Crippen LogP contribution in [0.2, 0.25) is 0 Å². The van der Waals surface area contributed by atoms with Crippen molar-refractivity contribution in [1.29, 1.82) is 0 Å². The summed E-state index contributed by atoms with van der Waals surface area (Å²) in [6.45, 7) is 5.99. The number of fused-ring (bicyclic) bond motifs is 5. The molecule has 0 aromatic heterocycles. The molecule has 0 unspecified atom stereocenters. The molecule has 0 aromatic carbocycles. The van der Waals surface area contributed by atoms with E-state index >= 15 is 0 Å². The molecule has 202 valence electrons. The van der Waals surface area contributed by atoms with Crippen LogP contribution >= 0.6 is 0 Å². The Morgan fingerprint density at radius 2 is 1.37 bits per heavy atom. The highest BCUT2D eigenvalue weighted by Crippen LogP contribution is 2.68. The third-order valence-electron chi connectivity index (χ3n) is 10.9. The lowest BCUT2D eigenvalue weighted by Gasteiger charge is -2.62. The van der Waals surface area contributed by atoms with Crippen LogP contribution in [0.15, 0.2) is 12.2 Å². The zero-order valence-corrected chi connectivity index (χ0v) is 20.5. The largest absolute Gasteiger partial charge is 0.429 e. The van der Waals surface area contributed by atoms with Crippen molar-refractivity contribution in [3.8, 4) is 0 Å². The van der Waals surface area contributed by atoms with Crippen LogP contribution in [0.1, 0.15) is 72.1 Å². The molecule has 35 heavy (non-hydrogen) atoms. The number of halogens is 6. The SMILES string of the molecule is C[C@H](/C=C/C(O)(C(F)(F)F)C(F)(F)F)[C@H]1CC[C@H]2[C@@H]3C[C@H](O)[C@@H]4C[C@H](O)CC[C@]4(C)[C@H]3CC[C@]12C. The molecule has 4 aliphatic rings. The number of rotatable bonds is 3. The first kappa shape index (κ1) is 27.2. The minimum Gasteiger partial charge on any atom is -0.393 e. The van der Waals surface area contributed by atoms with E-state index in [1.165, 1.54) is 0 Å². The van der Waals surface area contributed by atoms with E-state index in [2.05, 4.69) is 13.8 Å². The quantitative estimate of drug-likeness (QED) is 0.320. The standard InChI is InChI=1S/C26H38F6O3/c1-14(6-11-24(35,25(27,28)29)26(30,31)32)17-4-5-18-16-13-21(34)20-12-15(33)7-9-23(20,3)19(16)8-10-22(17,18)2/h6,11,14-21,33-35H,4-5,7-10,12-13H2,1-3H3/b11-6+/t14-,15-,16+,17-,18+,19+,20+,21+,22-,23-/m1/s1. The second-order valence-corrected chi connectivity index (χ2v) is 12.4. The Morgan fingerprint density at radius 3 is 1.97 bits per heavy atom. The van der Waals surface area contributed by atoms with Crippen molar-refractivity contribution in [2.24, 2.45) is 46.3 Å². The predicted molar refractivity (Wildman–Crippen MR) is 118 cm³/mol. The minimum atomic E-state index is -5.86. The van der Waals surface area contributed by atoms with Gasteiger partial charge in [0.05, 0.1) is 12.2 Å². The van der Waals surface area contributed by atoms with E-state index in [1.807, 2.05) is 0 Å². The number of aliphatic hydroxyl groups excluding tert-OH is 2. The van der Waals surface area contributed by atoms with Crippen LogP contribution in [0.4, 0.5) is 26.3 Å². The average Bonchev–Trinajstić information content (AvgIpc) is 3.09. The van der Waals surface area contributed by atoms with Gasteiger partial charge in [0.2, 0.25) is 0 Å². The van der Waals surface area contributed by atoms with E-state index in [4.69, 9.17) is 0 Å². The van der Waals surface area contributed by atoms with Crippen molar-refractivity contribution in [3.63, 3.8) is 0 Å². The van der Waals surface area contributed by atoms with Gasteiger partial charge in [-0.05, 0) is 104 Å². The summed E-state index contributed by atoms with van der Waals surface area (Å²) >= 11 is 0. The Hall–Kier alpha value is -0.800. The summed E-state index contributed by atoms with van der Waals surface area (Å²) in [7, 11) is 0. The summed E-state index contributed by atoms with van der Waals surface area (Å²) in [6, 6.07) is 0. The Kier molecular flexibility index (Phi) is 6.71. The maximum Gasteiger partial charge on any atom is 0.429 e. The van der Waals surface area contributed by atoms with Crippen LogP contribution in [-0.4, -0.2) is 45.5 Å². The number of hydrogen-bond acceptors (Lipinski definition) is 3. The summed E-state index contributed by atoms with van der Waals surface area (Å²) in [4.78, 5) is 0. The van der Waals surface area contributed by atoms with Crippen molar-refractivity contribution in [2.45, 2.75) is 102 Å². The molecule has 4 rings (SSSR count). The number of aliphatic hydroxyl groups is 3. The lowest BCUT2D eigenvalue weighted by molar-refractivity contribution is -0.347. The van der Waals surface area contributed by atoms with E-state index in [0.717, 1.165) is 38.2 Å². The van der Waals surface area contributed by atoms with E-state index in [9.17, 15) is 41.7 Å². The first-order valence-corrected chi connectivity index (χ1v) is 12.9. The number of hydrogen-bond donors (Lipinski definition) is 3. The molecule has 0 radical (unpaired) electrons. The molecule has 3 N–H and O–H groups in total. The predicted octanol–water partition coefficient (Wildman–Crippen LogP) is 6.03. The third-order valence-corrected chi connectivity index (χ3v) is 10.9. The summed E-state index contributed by atoms with van der Waals surface area (Å²) in [6.07, 6.45) is -5.73. The maximum absolute atomic E-state index is 13.1. The first-order chi connectivity index (χ1) is 16.0. The van der Waals surface area contributed by atoms with Gasteiger partial charge in [-0.2, -0.15) is 26.3 Å². The molecule has 4 aliphatic carbocycles. The molecule has 9 heteroatoms. The molecule has 0 saturated heterocycles. The Bertz CT molecular complexity index is 811. The Balaban J connectivity index is 1.56. The van der Waals surface area contributed by atoms with Crippen LogP contribution in [-0.2, 0) is 0 Å². The topological polar surface area (TPSA) is 60.7 Å². The van der Waals surface area contributed by atoms with Gasteiger partial charge < -0.3 is 15.3 Å². The molecule has 4 fully saturated rings. The lowest BCUT2D eigenvalue weighted by atomic mass is 9.44. The summed E-state index contributed by atoms with van der Waals surface area (Å²) in [5.74, 6) is 0.268. The molecule has 0 aliphatic heterocycles. The van der Waals surface area contributed by atoms with E-state index in [-0.39, 0.29) is 46.7 Å². The molecule has 0 heterocycles. The molecular weight excluding hydrogens is 474 g/mol. The smallest absolute Gasteiger partial charge is 0.393 e. The maximum atomic E-state index is 13.1. The molecule has 0 spiro atoms. The van der Waals surface area contributed by atoms with Crippen LogP contribution in [0.5, 0.6) is 0 Å². The van der Waals surface area contributed by atoms with Crippen LogP contribution in [0, 0.1) is 46.3 Å².